The maximum atomic E-state index is 13.1. The van der Waals surface area contributed by atoms with Gasteiger partial charge in [-0.25, -0.2) is 4.39 Å². The molecule has 92 valence electrons. The van der Waals surface area contributed by atoms with Gasteiger partial charge in [-0.15, -0.1) is 0 Å². The van der Waals surface area contributed by atoms with E-state index in [1.54, 1.807) is 6.07 Å². The number of hydrogen-bond donors (Lipinski definition) is 1. The number of ether oxygens (including phenoxy) is 1. The summed E-state index contributed by atoms with van der Waals surface area (Å²) in [6, 6.07) is 4.41. The molecule has 0 bridgehead atoms. The largest absolute Gasteiger partial charge is 0.384 e. The smallest absolute Gasteiger partial charge is 0.124 e. The quantitative estimate of drug-likeness (QED) is 0.814. The van der Waals surface area contributed by atoms with Crippen molar-refractivity contribution in [2.75, 3.05) is 6.61 Å². The molecule has 0 fully saturated rings. The number of aliphatic hydroxyl groups excluding tert-OH is 1. The van der Waals surface area contributed by atoms with Gasteiger partial charge in [-0.05, 0) is 31.0 Å². The first kappa shape index (κ1) is 13.7. The van der Waals surface area contributed by atoms with E-state index < -0.39 is 0 Å². The molecule has 0 aliphatic carbocycles. The van der Waals surface area contributed by atoms with Crippen molar-refractivity contribution in [2.24, 2.45) is 0 Å². The highest BCUT2D eigenvalue weighted by Gasteiger charge is 2.04. The first-order valence-corrected chi connectivity index (χ1v) is 5.67. The van der Waals surface area contributed by atoms with Crippen LogP contribution in [0.25, 0.3) is 0 Å². The molecule has 0 aromatic heterocycles. The second kappa shape index (κ2) is 7.05. The molecule has 0 heterocycles. The lowest BCUT2D eigenvalue weighted by Gasteiger charge is -2.11. The van der Waals surface area contributed by atoms with Gasteiger partial charge in [-0.1, -0.05) is 24.8 Å². The Morgan fingerprint density at radius 1 is 1.47 bits per heavy atom. The van der Waals surface area contributed by atoms with Crippen LogP contribution in [0.2, 0.25) is 0 Å². The van der Waals surface area contributed by atoms with Gasteiger partial charge < -0.3 is 9.84 Å². The van der Waals surface area contributed by atoms with Crippen molar-refractivity contribution in [1.82, 2.24) is 0 Å². The van der Waals surface area contributed by atoms with E-state index in [4.69, 9.17) is 9.84 Å². The molecule has 1 aromatic carbocycles. The van der Waals surface area contributed by atoms with Crippen molar-refractivity contribution < 1.29 is 14.2 Å². The van der Waals surface area contributed by atoms with Crippen molar-refractivity contribution in [1.29, 1.82) is 0 Å². The lowest BCUT2D eigenvalue weighted by molar-refractivity contribution is 0.0507. The van der Waals surface area contributed by atoms with Crippen LogP contribution in [0.5, 0.6) is 0 Å². The topological polar surface area (TPSA) is 29.5 Å². The Kier molecular flexibility index (Phi) is 5.68. The predicted octanol–water partition coefficient (Wildman–Crippen LogP) is 2.48. The van der Waals surface area contributed by atoms with Crippen LogP contribution in [0.3, 0.4) is 0 Å². The maximum Gasteiger partial charge on any atom is 0.124 e. The molecule has 0 radical (unpaired) electrons. The van der Waals surface area contributed by atoms with Gasteiger partial charge in [0, 0.05) is 5.56 Å². The monoisotopic (exact) mass is 236 g/mol. The number of rotatable bonds is 4. The maximum absolute atomic E-state index is 13.1. The van der Waals surface area contributed by atoms with Crippen LogP contribution in [0, 0.1) is 17.7 Å². The molecule has 17 heavy (non-hydrogen) atoms. The normalized spacial score (nSPS) is 11.8. The lowest BCUT2D eigenvalue weighted by Crippen LogP contribution is -2.07. The summed E-state index contributed by atoms with van der Waals surface area (Å²) in [5.41, 5.74) is 1.41. The van der Waals surface area contributed by atoms with Crippen LogP contribution in [-0.4, -0.2) is 17.8 Å². The summed E-state index contributed by atoms with van der Waals surface area (Å²) in [7, 11) is 0. The third-order valence-corrected chi connectivity index (χ3v) is 2.47. The number of halogens is 1. The van der Waals surface area contributed by atoms with E-state index >= 15 is 0 Å². The van der Waals surface area contributed by atoms with Gasteiger partial charge in [0.1, 0.15) is 12.4 Å². The second-order valence-electron chi connectivity index (χ2n) is 3.79. The van der Waals surface area contributed by atoms with E-state index in [1.165, 1.54) is 12.1 Å². The fraction of sp³-hybridized carbons (Fsp3) is 0.429. The van der Waals surface area contributed by atoms with Gasteiger partial charge >= 0.3 is 0 Å². The highest BCUT2D eigenvalue weighted by atomic mass is 19.1. The van der Waals surface area contributed by atoms with Gasteiger partial charge in [0.2, 0.25) is 0 Å². The summed E-state index contributed by atoms with van der Waals surface area (Å²) < 4.78 is 18.7. The van der Waals surface area contributed by atoms with Gasteiger partial charge in [0.15, 0.2) is 0 Å². The molecule has 2 nitrogen and oxygen atoms in total. The Bertz CT molecular complexity index is 418. The zero-order valence-corrected chi connectivity index (χ0v) is 10.2. The van der Waals surface area contributed by atoms with Crippen molar-refractivity contribution >= 4 is 0 Å². The molecule has 1 atom stereocenters. The Balaban J connectivity index is 2.82. The van der Waals surface area contributed by atoms with E-state index in [0.29, 0.717) is 12.2 Å². The van der Waals surface area contributed by atoms with Crippen LogP contribution in [0.4, 0.5) is 4.39 Å². The highest BCUT2D eigenvalue weighted by Crippen LogP contribution is 2.13. The molecule has 0 spiro atoms. The number of benzene rings is 1. The van der Waals surface area contributed by atoms with Crippen LogP contribution in [0.1, 0.15) is 31.4 Å². The van der Waals surface area contributed by atoms with Crippen molar-refractivity contribution in [3.8, 4) is 11.8 Å². The summed E-state index contributed by atoms with van der Waals surface area (Å²) in [6.07, 6.45) is 1.09. The van der Waals surface area contributed by atoms with E-state index in [0.717, 1.165) is 12.0 Å². The van der Waals surface area contributed by atoms with E-state index in [9.17, 15) is 4.39 Å². The SMILES string of the molecule is CCC(C)OCc1ccc(F)cc1C#CCO. The summed E-state index contributed by atoms with van der Waals surface area (Å²) in [5.74, 6) is 4.91. The number of aliphatic hydroxyl groups is 1. The average Bonchev–Trinajstić information content (AvgIpc) is 2.34. The zero-order valence-electron chi connectivity index (χ0n) is 10.2. The Morgan fingerprint density at radius 3 is 2.88 bits per heavy atom. The molecule has 3 heteroatoms. The van der Waals surface area contributed by atoms with E-state index in [1.807, 2.05) is 13.8 Å². The average molecular weight is 236 g/mol. The summed E-state index contributed by atoms with van der Waals surface area (Å²) in [4.78, 5) is 0. The minimum atomic E-state index is -0.334. The zero-order chi connectivity index (χ0) is 12.7. The minimum Gasteiger partial charge on any atom is -0.384 e. The van der Waals surface area contributed by atoms with Gasteiger partial charge in [0.05, 0.1) is 12.7 Å². The Hall–Kier alpha value is -1.37. The molecular formula is C14H17FO2. The van der Waals surface area contributed by atoms with Crippen molar-refractivity contribution in [3.63, 3.8) is 0 Å². The summed E-state index contributed by atoms with van der Waals surface area (Å²) in [6.45, 7) is 4.21. The van der Waals surface area contributed by atoms with Gasteiger partial charge in [-0.3, -0.25) is 0 Å². The molecule has 1 rings (SSSR count). The van der Waals surface area contributed by atoms with E-state index in [2.05, 4.69) is 11.8 Å². The highest BCUT2D eigenvalue weighted by molar-refractivity contribution is 5.41. The summed E-state index contributed by atoms with van der Waals surface area (Å²) >= 11 is 0. The van der Waals surface area contributed by atoms with Gasteiger partial charge in [0.25, 0.3) is 0 Å². The molecular weight excluding hydrogens is 219 g/mol. The molecule has 0 saturated carbocycles. The molecule has 0 amide bonds. The lowest BCUT2D eigenvalue weighted by atomic mass is 10.1. The third kappa shape index (κ3) is 4.56. The fourth-order valence-corrected chi connectivity index (χ4v) is 1.28. The van der Waals surface area contributed by atoms with Crippen LogP contribution in [0.15, 0.2) is 18.2 Å². The molecule has 0 aliphatic rings. The van der Waals surface area contributed by atoms with Crippen LogP contribution >= 0.6 is 0 Å². The van der Waals surface area contributed by atoms with Crippen molar-refractivity contribution in [2.45, 2.75) is 33.0 Å². The first-order chi connectivity index (χ1) is 8.17. The number of hydrogen-bond acceptors (Lipinski definition) is 2. The molecule has 0 aliphatic heterocycles. The van der Waals surface area contributed by atoms with E-state index in [-0.39, 0.29) is 18.5 Å². The Labute approximate surface area is 101 Å². The summed E-state index contributed by atoms with van der Waals surface area (Å²) in [5, 5.41) is 8.65. The predicted molar refractivity (Wildman–Crippen MR) is 64.9 cm³/mol. The molecule has 0 saturated heterocycles. The Morgan fingerprint density at radius 2 is 2.24 bits per heavy atom. The minimum absolute atomic E-state index is 0.165. The van der Waals surface area contributed by atoms with Crippen molar-refractivity contribution in [3.05, 3.63) is 35.1 Å². The standard InChI is InChI=1S/C14H17FO2/c1-3-11(2)17-10-13-6-7-14(15)9-12(13)5-4-8-16/h6-7,9,11,16H,3,8,10H2,1-2H3. The molecule has 1 aromatic rings. The van der Waals surface area contributed by atoms with Gasteiger partial charge in [-0.2, -0.15) is 0 Å². The third-order valence-electron chi connectivity index (χ3n) is 2.47. The second-order valence-corrected chi connectivity index (χ2v) is 3.79. The van der Waals surface area contributed by atoms with Crippen LogP contribution in [-0.2, 0) is 11.3 Å². The fourth-order valence-electron chi connectivity index (χ4n) is 1.28. The van der Waals surface area contributed by atoms with Crippen LogP contribution < -0.4 is 0 Å². The molecule has 1 unspecified atom stereocenters. The first-order valence-electron chi connectivity index (χ1n) is 5.67. The molecule has 1 N–H and O–H groups in total.